The van der Waals surface area contributed by atoms with Crippen LogP contribution in [0.25, 0.3) is 0 Å². The Morgan fingerprint density at radius 3 is 2.50 bits per heavy atom. The molecule has 0 saturated heterocycles. The van der Waals surface area contributed by atoms with Crippen LogP contribution in [-0.4, -0.2) is 24.8 Å². The third kappa shape index (κ3) is 4.55. The van der Waals surface area contributed by atoms with Crippen LogP contribution in [0.1, 0.15) is 19.4 Å². The van der Waals surface area contributed by atoms with Crippen LogP contribution in [0.5, 0.6) is 0 Å². The van der Waals surface area contributed by atoms with Crippen molar-refractivity contribution >= 4 is 17.4 Å². The van der Waals surface area contributed by atoms with Crippen molar-refractivity contribution in [3.05, 3.63) is 29.8 Å². The number of methoxy groups -OCH3 is 1. The lowest BCUT2D eigenvalue weighted by Gasteiger charge is -2.09. The lowest BCUT2D eigenvalue weighted by atomic mass is 10.1. The molecule has 5 heteroatoms. The first-order valence-corrected chi connectivity index (χ1v) is 5.72. The van der Waals surface area contributed by atoms with Gasteiger partial charge in [0.05, 0.1) is 12.8 Å². The summed E-state index contributed by atoms with van der Waals surface area (Å²) in [7, 11) is 1.33. The number of ether oxygens (including phenoxy) is 1. The predicted octanol–water partition coefficient (Wildman–Crippen LogP) is 1.54. The van der Waals surface area contributed by atoms with E-state index in [0.717, 1.165) is 17.0 Å². The zero-order valence-electron chi connectivity index (χ0n) is 10.9. The zero-order valence-corrected chi connectivity index (χ0v) is 10.9. The number of esters is 1. The number of anilines is 1. The molecule has 0 aliphatic heterocycles. The molecule has 1 atom stereocenters. The molecule has 0 heterocycles. The summed E-state index contributed by atoms with van der Waals surface area (Å²) < 4.78 is 4.58. The maximum absolute atomic E-state index is 11.2. The van der Waals surface area contributed by atoms with Crippen molar-refractivity contribution in [1.29, 1.82) is 0 Å². The summed E-state index contributed by atoms with van der Waals surface area (Å²) in [6.45, 7) is 3.83. The third-order valence-corrected chi connectivity index (χ3v) is 2.32. The first-order valence-electron chi connectivity index (χ1n) is 5.72. The second-order valence-corrected chi connectivity index (χ2v) is 4.20. The first-order chi connectivity index (χ1) is 8.52. The number of hydrazone groups is 1. The van der Waals surface area contributed by atoms with Crippen LogP contribution in [0.3, 0.4) is 0 Å². The molecule has 98 valence electrons. The average molecular weight is 249 g/mol. The molecule has 0 aliphatic carbocycles. The largest absolute Gasteiger partial charge is 0.468 e. The van der Waals surface area contributed by atoms with Gasteiger partial charge in [-0.05, 0) is 38.0 Å². The summed E-state index contributed by atoms with van der Waals surface area (Å²) in [5.74, 6) is -0.400. The number of hydrogen-bond acceptors (Lipinski definition) is 5. The molecule has 0 saturated carbocycles. The highest BCUT2D eigenvalue weighted by molar-refractivity contribution is 5.79. The van der Waals surface area contributed by atoms with Crippen LogP contribution in [-0.2, 0) is 16.0 Å². The van der Waals surface area contributed by atoms with Crippen molar-refractivity contribution in [3.63, 3.8) is 0 Å². The molecule has 0 bridgehead atoms. The predicted molar refractivity (Wildman–Crippen MR) is 72.5 cm³/mol. The minimum atomic E-state index is -0.621. The SMILES string of the molecule is COC(=O)C(N)Cc1ccc(NN=C(C)C)cc1. The summed E-state index contributed by atoms with van der Waals surface area (Å²) in [6, 6.07) is 6.99. The maximum Gasteiger partial charge on any atom is 0.322 e. The van der Waals surface area contributed by atoms with E-state index in [4.69, 9.17) is 5.73 Å². The average Bonchev–Trinajstić information content (AvgIpc) is 2.36. The lowest BCUT2D eigenvalue weighted by molar-refractivity contribution is -0.142. The molecule has 0 spiro atoms. The van der Waals surface area contributed by atoms with E-state index in [1.807, 2.05) is 38.1 Å². The Morgan fingerprint density at radius 2 is 2.00 bits per heavy atom. The molecule has 0 fully saturated rings. The fraction of sp³-hybridized carbons (Fsp3) is 0.385. The van der Waals surface area contributed by atoms with Gasteiger partial charge in [0.15, 0.2) is 0 Å². The van der Waals surface area contributed by atoms with Crippen molar-refractivity contribution in [1.82, 2.24) is 0 Å². The third-order valence-electron chi connectivity index (χ3n) is 2.32. The molecule has 0 radical (unpaired) electrons. The normalized spacial score (nSPS) is 11.6. The van der Waals surface area contributed by atoms with Gasteiger partial charge in [-0.2, -0.15) is 5.10 Å². The molecule has 0 amide bonds. The summed E-state index contributed by atoms with van der Waals surface area (Å²) in [6.07, 6.45) is 0.461. The fourth-order valence-electron chi connectivity index (χ4n) is 1.38. The number of nitrogens with two attached hydrogens (primary N) is 1. The Morgan fingerprint density at radius 1 is 1.39 bits per heavy atom. The van der Waals surface area contributed by atoms with E-state index in [0.29, 0.717) is 6.42 Å². The van der Waals surface area contributed by atoms with Gasteiger partial charge in [0.1, 0.15) is 6.04 Å². The number of benzene rings is 1. The van der Waals surface area contributed by atoms with Gasteiger partial charge in [-0.3, -0.25) is 10.2 Å². The van der Waals surface area contributed by atoms with E-state index in [-0.39, 0.29) is 0 Å². The quantitative estimate of drug-likeness (QED) is 0.471. The molecule has 1 aromatic carbocycles. The van der Waals surface area contributed by atoms with E-state index < -0.39 is 12.0 Å². The number of carbonyl (C=O) groups excluding carboxylic acids is 1. The highest BCUT2D eigenvalue weighted by Gasteiger charge is 2.13. The van der Waals surface area contributed by atoms with E-state index in [2.05, 4.69) is 15.3 Å². The van der Waals surface area contributed by atoms with E-state index in [1.165, 1.54) is 7.11 Å². The van der Waals surface area contributed by atoms with Crippen LogP contribution in [0.2, 0.25) is 0 Å². The fourth-order valence-corrected chi connectivity index (χ4v) is 1.38. The molecule has 3 N–H and O–H groups in total. The van der Waals surface area contributed by atoms with Crippen molar-refractivity contribution in [2.24, 2.45) is 10.8 Å². The molecular formula is C13H19N3O2. The summed E-state index contributed by atoms with van der Waals surface area (Å²) in [4.78, 5) is 11.2. The smallest absolute Gasteiger partial charge is 0.322 e. The van der Waals surface area contributed by atoms with E-state index in [9.17, 15) is 4.79 Å². The first kappa shape index (κ1) is 14.2. The van der Waals surface area contributed by atoms with Gasteiger partial charge in [-0.15, -0.1) is 0 Å². The maximum atomic E-state index is 11.2. The highest BCUT2D eigenvalue weighted by Crippen LogP contribution is 2.11. The van der Waals surface area contributed by atoms with Crippen LogP contribution < -0.4 is 11.2 Å². The van der Waals surface area contributed by atoms with Crippen molar-refractivity contribution < 1.29 is 9.53 Å². The Balaban J connectivity index is 2.60. The zero-order chi connectivity index (χ0) is 13.5. The van der Waals surface area contributed by atoms with E-state index in [1.54, 1.807) is 0 Å². The second-order valence-electron chi connectivity index (χ2n) is 4.20. The standard InChI is InChI=1S/C13H19N3O2/c1-9(2)15-16-11-6-4-10(5-7-11)8-12(14)13(17)18-3/h4-7,12,16H,8,14H2,1-3H3. The number of hydrogen-bond donors (Lipinski definition) is 2. The summed E-state index contributed by atoms with van der Waals surface area (Å²) in [5.41, 5.74) is 11.4. The van der Waals surface area contributed by atoms with Gasteiger partial charge in [-0.25, -0.2) is 0 Å². The Kier molecular flexibility index (Phi) is 5.32. The van der Waals surface area contributed by atoms with Gasteiger partial charge in [-0.1, -0.05) is 12.1 Å². The van der Waals surface area contributed by atoms with Crippen molar-refractivity contribution in [3.8, 4) is 0 Å². The highest BCUT2D eigenvalue weighted by atomic mass is 16.5. The molecule has 1 aromatic rings. The van der Waals surface area contributed by atoms with Gasteiger partial charge >= 0.3 is 5.97 Å². The van der Waals surface area contributed by atoms with Crippen LogP contribution in [0.4, 0.5) is 5.69 Å². The number of nitrogens with one attached hydrogen (secondary N) is 1. The van der Waals surface area contributed by atoms with Crippen LogP contribution >= 0.6 is 0 Å². The topological polar surface area (TPSA) is 76.7 Å². The number of nitrogens with zero attached hydrogens (tertiary/aromatic N) is 1. The van der Waals surface area contributed by atoms with Crippen molar-refractivity contribution in [2.45, 2.75) is 26.3 Å². The molecule has 0 aromatic heterocycles. The molecule has 1 rings (SSSR count). The lowest BCUT2D eigenvalue weighted by Crippen LogP contribution is -2.33. The van der Waals surface area contributed by atoms with Crippen LogP contribution in [0.15, 0.2) is 29.4 Å². The van der Waals surface area contributed by atoms with Gasteiger partial charge in [0.25, 0.3) is 0 Å². The van der Waals surface area contributed by atoms with Crippen LogP contribution in [0, 0.1) is 0 Å². The number of carbonyl (C=O) groups is 1. The molecular weight excluding hydrogens is 230 g/mol. The van der Waals surface area contributed by atoms with Gasteiger partial charge in [0, 0.05) is 5.71 Å². The van der Waals surface area contributed by atoms with E-state index >= 15 is 0 Å². The molecule has 1 unspecified atom stereocenters. The molecule has 0 aliphatic rings. The second kappa shape index (κ2) is 6.76. The van der Waals surface area contributed by atoms with Gasteiger partial charge in [0.2, 0.25) is 0 Å². The Labute approximate surface area is 107 Å². The summed E-state index contributed by atoms with van der Waals surface area (Å²) >= 11 is 0. The minimum absolute atomic E-state index is 0.400. The van der Waals surface area contributed by atoms with Crippen molar-refractivity contribution in [2.75, 3.05) is 12.5 Å². The van der Waals surface area contributed by atoms with Gasteiger partial charge < -0.3 is 10.5 Å². The minimum Gasteiger partial charge on any atom is -0.468 e. The molecule has 5 nitrogen and oxygen atoms in total. The molecule has 18 heavy (non-hydrogen) atoms. The monoisotopic (exact) mass is 249 g/mol. The summed E-state index contributed by atoms with van der Waals surface area (Å²) in [5, 5.41) is 4.09. The number of rotatable bonds is 5. The Bertz CT molecular complexity index is 422. The Hall–Kier alpha value is -1.88.